The minimum Gasteiger partial charge on any atom is -0.462 e. The lowest BCUT2D eigenvalue weighted by molar-refractivity contribution is -0.161. The van der Waals surface area contributed by atoms with Crippen LogP contribution in [0.3, 0.4) is 0 Å². The van der Waals surface area contributed by atoms with E-state index in [4.69, 9.17) is 37.0 Å². The molecule has 0 aliphatic carbocycles. The highest BCUT2D eigenvalue weighted by Gasteiger charge is 2.30. The summed E-state index contributed by atoms with van der Waals surface area (Å²) in [6.45, 7) is 4.84. The number of unbranched alkanes of at least 4 members (excludes halogenated alkanes) is 42. The third-order valence-corrected chi connectivity index (χ3v) is 18.1. The SMILES string of the molecule is CCCCCC/C=C\C=C/CCCCCCCC(=O)OC[C@H](COP(=O)(O)OC[C@@H](O)COP(=O)(O)OC[C@@H](COC(=O)CCCCCCCCC)OC(=O)CCCCCCCCCCCC)OC(=O)CCCCCCCCCCCCCCCCCCCCC. The number of aliphatic hydroxyl groups is 1. The van der Waals surface area contributed by atoms with Crippen molar-refractivity contribution in [2.75, 3.05) is 39.6 Å². The molecule has 2 unspecified atom stereocenters. The second kappa shape index (κ2) is 66.2. The lowest BCUT2D eigenvalue weighted by Crippen LogP contribution is -2.30. The van der Waals surface area contributed by atoms with Gasteiger partial charge in [0.1, 0.15) is 19.3 Å². The van der Waals surface area contributed by atoms with E-state index in [2.05, 4.69) is 52.0 Å². The van der Waals surface area contributed by atoms with E-state index < -0.39 is 97.5 Å². The van der Waals surface area contributed by atoms with Crippen molar-refractivity contribution in [3.05, 3.63) is 24.3 Å². The van der Waals surface area contributed by atoms with Gasteiger partial charge in [-0.25, -0.2) is 9.13 Å². The molecule has 0 aromatic carbocycles. The highest BCUT2D eigenvalue weighted by molar-refractivity contribution is 7.47. The van der Waals surface area contributed by atoms with Crippen molar-refractivity contribution in [3.63, 3.8) is 0 Å². The van der Waals surface area contributed by atoms with Gasteiger partial charge >= 0.3 is 39.5 Å². The number of allylic oxidation sites excluding steroid dienone is 4. The monoisotopic (exact) mass is 1330 g/mol. The first-order valence-corrected chi connectivity index (χ1v) is 40.1. The fourth-order valence-corrected chi connectivity index (χ4v) is 12.1. The normalized spacial score (nSPS) is 14.1. The van der Waals surface area contributed by atoms with Crippen LogP contribution in [0.1, 0.15) is 355 Å². The highest BCUT2D eigenvalue weighted by Crippen LogP contribution is 2.45. The van der Waals surface area contributed by atoms with Crippen molar-refractivity contribution in [2.45, 2.75) is 373 Å². The number of esters is 4. The lowest BCUT2D eigenvalue weighted by Gasteiger charge is -2.21. The number of rotatable bonds is 71. The minimum atomic E-state index is -4.96. The maximum Gasteiger partial charge on any atom is 0.472 e. The first kappa shape index (κ1) is 88.5. The zero-order chi connectivity index (χ0) is 66.8. The summed E-state index contributed by atoms with van der Waals surface area (Å²) in [6, 6.07) is 0. The molecule has 91 heavy (non-hydrogen) atoms. The predicted molar refractivity (Wildman–Crippen MR) is 368 cm³/mol. The second-order valence-electron chi connectivity index (χ2n) is 25.3. The van der Waals surface area contributed by atoms with Gasteiger partial charge in [0.15, 0.2) is 12.2 Å². The van der Waals surface area contributed by atoms with Gasteiger partial charge in [0, 0.05) is 25.7 Å². The van der Waals surface area contributed by atoms with E-state index >= 15 is 0 Å². The predicted octanol–water partition coefficient (Wildman–Crippen LogP) is 20.6. The third-order valence-electron chi connectivity index (χ3n) is 16.2. The topological polar surface area (TPSA) is 237 Å². The van der Waals surface area contributed by atoms with E-state index in [0.29, 0.717) is 25.7 Å². The maximum absolute atomic E-state index is 13.0. The molecule has 0 amide bonds. The summed E-state index contributed by atoms with van der Waals surface area (Å²) in [7, 11) is -9.90. The summed E-state index contributed by atoms with van der Waals surface area (Å²) in [5.41, 5.74) is 0. The Kier molecular flexibility index (Phi) is 64.4. The molecule has 0 heterocycles. The Morgan fingerprint density at radius 3 is 0.802 bits per heavy atom. The molecular formula is C72H136O17P2. The molecule has 0 fully saturated rings. The molecule has 17 nitrogen and oxygen atoms in total. The first-order valence-electron chi connectivity index (χ1n) is 37.1. The molecule has 0 bridgehead atoms. The Morgan fingerprint density at radius 2 is 0.527 bits per heavy atom. The van der Waals surface area contributed by atoms with Gasteiger partial charge in [0.2, 0.25) is 0 Å². The van der Waals surface area contributed by atoms with Crippen molar-refractivity contribution in [2.24, 2.45) is 0 Å². The zero-order valence-electron chi connectivity index (χ0n) is 58.3. The van der Waals surface area contributed by atoms with E-state index in [1.807, 2.05) is 0 Å². The maximum atomic E-state index is 13.0. The molecule has 0 spiro atoms. The molecule has 0 saturated carbocycles. The molecule has 0 radical (unpaired) electrons. The molecule has 0 rings (SSSR count). The van der Waals surface area contributed by atoms with Crippen LogP contribution in [0, 0.1) is 0 Å². The van der Waals surface area contributed by atoms with Gasteiger partial charge in [-0.15, -0.1) is 0 Å². The fraction of sp³-hybridized carbons (Fsp3) is 0.889. The number of carbonyl (C=O) groups excluding carboxylic acids is 4. The van der Waals surface area contributed by atoms with E-state index in [1.54, 1.807) is 0 Å². The van der Waals surface area contributed by atoms with E-state index in [1.165, 1.54) is 154 Å². The van der Waals surface area contributed by atoms with Crippen molar-refractivity contribution in [1.29, 1.82) is 0 Å². The minimum absolute atomic E-state index is 0.102. The average molecular weight is 1340 g/mol. The van der Waals surface area contributed by atoms with Crippen molar-refractivity contribution in [1.82, 2.24) is 0 Å². The van der Waals surface area contributed by atoms with Crippen LogP contribution in [0.2, 0.25) is 0 Å². The summed E-state index contributed by atoms with van der Waals surface area (Å²) < 4.78 is 68.2. The van der Waals surface area contributed by atoms with Gasteiger partial charge in [-0.05, 0) is 51.4 Å². The van der Waals surface area contributed by atoms with E-state index in [0.717, 1.165) is 122 Å². The number of aliphatic hydroxyl groups excluding tert-OH is 1. The van der Waals surface area contributed by atoms with Gasteiger partial charge < -0.3 is 33.8 Å². The summed E-state index contributed by atoms with van der Waals surface area (Å²) in [4.78, 5) is 72.4. The van der Waals surface area contributed by atoms with Gasteiger partial charge in [0.25, 0.3) is 0 Å². The van der Waals surface area contributed by atoms with Gasteiger partial charge in [-0.1, -0.05) is 302 Å². The van der Waals surface area contributed by atoms with Crippen molar-refractivity contribution >= 4 is 39.5 Å². The Balaban J connectivity index is 5.21. The number of phosphoric ester groups is 2. The number of hydrogen-bond donors (Lipinski definition) is 3. The number of phosphoric acid groups is 2. The largest absolute Gasteiger partial charge is 0.472 e. The molecule has 3 N–H and O–H groups in total. The van der Waals surface area contributed by atoms with Crippen LogP contribution in [0.5, 0.6) is 0 Å². The summed E-state index contributed by atoms with van der Waals surface area (Å²) in [6.07, 6.45) is 57.9. The molecular weight excluding hydrogens is 1200 g/mol. The number of hydrogen-bond acceptors (Lipinski definition) is 15. The summed E-state index contributed by atoms with van der Waals surface area (Å²) >= 11 is 0. The highest BCUT2D eigenvalue weighted by atomic mass is 31.2. The molecule has 19 heteroatoms. The Labute approximate surface area is 554 Å². The number of carbonyl (C=O) groups is 4. The van der Waals surface area contributed by atoms with Crippen molar-refractivity contribution < 1.29 is 80.2 Å². The molecule has 0 aromatic heterocycles. The lowest BCUT2D eigenvalue weighted by atomic mass is 10.0. The van der Waals surface area contributed by atoms with Crippen LogP contribution in [0.15, 0.2) is 24.3 Å². The smallest absolute Gasteiger partial charge is 0.462 e. The van der Waals surface area contributed by atoms with E-state index in [9.17, 15) is 43.2 Å². The number of ether oxygens (including phenoxy) is 4. The summed E-state index contributed by atoms with van der Waals surface area (Å²) in [5, 5.41) is 10.6. The quantitative estimate of drug-likeness (QED) is 0.0169. The van der Waals surface area contributed by atoms with Crippen LogP contribution >= 0.6 is 15.6 Å². The average Bonchev–Trinajstić information content (AvgIpc) is 3.59. The Bertz CT molecular complexity index is 1830. The Hall–Kier alpha value is -2.46. The molecule has 0 aliphatic heterocycles. The Morgan fingerprint density at radius 1 is 0.308 bits per heavy atom. The van der Waals surface area contributed by atoms with Crippen LogP contribution in [0.4, 0.5) is 0 Å². The van der Waals surface area contributed by atoms with Crippen LogP contribution in [-0.4, -0.2) is 96.7 Å². The molecule has 5 atom stereocenters. The van der Waals surface area contributed by atoms with Crippen LogP contribution < -0.4 is 0 Å². The molecule has 0 saturated heterocycles. The van der Waals surface area contributed by atoms with Crippen LogP contribution in [0.25, 0.3) is 0 Å². The van der Waals surface area contributed by atoms with Crippen molar-refractivity contribution in [3.8, 4) is 0 Å². The molecule has 0 aromatic rings. The third kappa shape index (κ3) is 66.0. The van der Waals surface area contributed by atoms with E-state index in [-0.39, 0.29) is 25.7 Å². The summed E-state index contributed by atoms with van der Waals surface area (Å²) in [5.74, 6) is -2.15. The van der Waals surface area contributed by atoms with Gasteiger partial charge in [-0.2, -0.15) is 0 Å². The second-order valence-corrected chi connectivity index (χ2v) is 28.2. The van der Waals surface area contributed by atoms with Gasteiger partial charge in [0.05, 0.1) is 26.4 Å². The zero-order valence-corrected chi connectivity index (χ0v) is 60.1. The fourth-order valence-electron chi connectivity index (χ4n) is 10.5. The van der Waals surface area contributed by atoms with Gasteiger partial charge in [-0.3, -0.25) is 37.3 Å². The molecule has 0 aliphatic rings. The van der Waals surface area contributed by atoms with Crippen LogP contribution in [-0.2, 0) is 65.4 Å². The molecule has 536 valence electrons. The standard InChI is InChI=1S/C72H136O17P2/c1-5-9-13-17-21-24-27-29-31-32-33-34-36-38-40-43-47-51-55-59-72(77)89-68(63-83-70(75)57-53-49-45-42-39-37-35-30-28-25-22-18-14-10-6-2)65-87-91(80,81)85-61-66(73)60-84-90(78,79)86-64-67(62-82-69(74)56-52-48-44-20-16-12-8-4)88-71(76)58-54-50-46-41-26-23-19-15-11-7-3/h25,28,30,35,66-68,73H,5-24,26-27,29,31-34,36-65H2,1-4H3,(H,78,79)(H,80,81)/b28-25-,35-30-/t66-,67+,68+/m0/s1. The first-order chi connectivity index (χ1) is 44.2.